The van der Waals surface area contributed by atoms with Crippen LogP contribution in [0, 0.1) is 6.92 Å². The Labute approximate surface area is 79.6 Å². The number of fused-ring (bicyclic) bond motifs is 1. The Kier molecular flexibility index (Phi) is 1.81. The van der Waals surface area contributed by atoms with Gasteiger partial charge >= 0.3 is 0 Å². The zero-order chi connectivity index (χ0) is 9.42. The van der Waals surface area contributed by atoms with Crippen molar-refractivity contribution in [2.75, 3.05) is 5.73 Å². The summed E-state index contributed by atoms with van der Waals surface area (Å²) in [6.07, 6.45) is 0. The van der Waals surface area contributed by atoms with Gasteiger partial charge in [0.25, 0.3) is 0 Å². The highest BCUT2D eigenvalue weighted by atomic mass is 32.1. The van der Waals surface area contributed by atoms with Gasteiger partial charge in [0, 0.05) is 20.7 Å². The third-order valence-electron chi connectivity index (χ3n) is 1.87. The zero-order valence-corrected chi connectivity index (χ0v) is 8.02. The number of aryl methyl sites for hydroxylation is 1. The standard InChI is InChI=1S/C10H9NOS/c1-6-4-9(12)8-5-7(11)2-3-10(8)13-6/h2-5H,11H2,1H3. The molecule has 13 heavy (non-hydrogen) atoms. The molecule has 0 amide bonds. The molecule has 0 radical (unpaired) electrons. The topological polar surface area (TPSA) is 43.1 Å². The van der Waals surface area contributed by atoms with Crippen LogP contribution in [0.2, 0.25) is 0 Å². The largest absolute Gasteiger partial charge is 0.399 e. The van der Waals surface area contributed by atoms with Crippen LogP contribution in [0.5, 0.6) is 0 Å². The van der Waals surface area contributed by atoms with Crippen LogP contribution in [0.25, 0.3) is 10.1 Å². The molecule has 1 aromatic carbocycles. The molecule has 1 heterocycles. The van der Waals surface area contributed by atoms with Crippen molar-refractivity contribution in [3.63, 3.8) is 0 Å². The van der Waals surface area contributed by atoms with Crippen molar-refractivity contribution >= 4 is 27.1 Å². The lowest BCUT2D eigenvalue weighted by Crippen LogP contribution is -1.99. The lowest BCUT2D eigenvalue weighted by Gasteiger charge is -1.98. The van der Waals surface area contributed by atoms with E-state index in [4.69, 9.17) is 5.73 Å². The van der Waals surface area contributed by atoms with Crippen LogP contribution in [0.1, 0.15) is 4.88 Å². The van der Waals surface area contributed by atoms with Crippen LogP contribution >= 0.6 is 11.3 Å². The first-order valence-corrected chi connectivity index (χ1v) is 4.78. The fourth-order valence-corrected chi connectivity index (χ4v) is 2.21. The molecule has 0 saturated heterocycles. The highest BCUT2D eigenvalue weighted by Gasteiger charge is 1.99. The molecule has 0 aliphatic heterocycles. The van der Waals surface area contributed by atoms with Crippen LogP contribution in [-0.4, -0.2) is 0 Å². The Hall–Kier alpha value is -1.35. The predicted molar refractivity (Wildman–Crippen MR) is 57.2 cm³/mol. The fourth-order valence-electron chi connectivity index (χ4n) is 1.29. The van der Waals surface area contributed by atoms with Gasteiger partial charge in [-0.25, -0.2) is 0 Å². The van der Waals surface area contributed by atoms with E-state index in [-0.39, 0.29) is 5.43 Å². The van der Waals surface area contributed by atoms with Gasteiger partial charge in [0.1, 0.15) is 0 Å². The third kappa shape index (κ3) is 1.42. The number of anilines is 1. The van der Waals surface area contributed by atoms with Gasteiger partial charge < -0.3 is 5.73 Å². The monoisotopic (exact) mass is 191 g/mol. The third-order valence-corrected chi connectivity index (χ3v) is 2.89. The molecule has 0 aliphatic carbocycles. The molecule has 2 rings (SSSR count). The molecule has 0 aliphatic rings. The molecular weight excluding hydrogens is 182 g/mol. The van der Waals surface area contributed by atoms with E-state index in [1.165, 1.54) is 0 Å². The van der Waals surface area contributed by atoms with Gasteiger partial charge in [-0.05, 0) is 31.2 Å². The molecule has 1 aromatic heterocycles. The maximum absolute atomic E-state index is 11.5. The molecule has 0 fully saturated rings. The predicted octanol–water partition coefficient (Wildman–Crippen LogP) is 2.15. The average Bonchev–Trinajstić information content (AvgIpc) is 2.06. The smallest absolute Gasteiger partial charge is 0.188 e. The summed E-state index contributed by atoms with van der Waals surface area (Å²) in [5.74, 6) is 0. The second-order valence-corrected chi connectivity index (χ2v) is 4.26. The Balaban J connectivity index is 2.95. The molecule has 0 atom stereocenters. The average molecular weight is 191 g/mol. The second-order valence-electron chi connectivity index (χ2n) is 2.98. The normalized spacial score (nSPS) is 10.5. The molecule has 3 heteroatoms. The highest BCUT2D eigenvalue weighted by molar-refractivity contribution is 7.18. The van der Waals surface area contributed by atoms with Crippen molar-refractivity contribution in [1.29, 1.82) is 0 Å². The van der Waals surface area contributed by atoms with E-state index in [1.54, 1.807) is 23.5 Å². The Bertz CT molecular complexity index is 516. The molecule has 0 unspecified atom stereocenters. The first-order chi connectivity index (χ1) is 6.16. The van der Waals surface area contributed by atoms with E-state index in [0.29, 0.717) is 5.69 Å². The second kappa shape index (κ2) is 2.85. The minimum absolute atomic E-state index is 0.0542. The van der Waals surface area contributed by atoms with E-state index in [2.05, 4.69) is 0 Å². The molecule has 2 aromatic rings. The van der Waals surface area contributed by atoms with Crippen molar-refractivity contribution in [2.45, 2.75) is 6.92 Å². The van der Waals surface area contributed by atoms with Gasteiger partial charge in [0.15, 0.2) is 5.43 Å². The van der Waals surface area contributed by atoms with Crippen molar-refractivity contribution in [2.24, 2.45) is 0 Å². The van der Waals surface area contributed by atoms with E-state index < -0.39 is 0 Å². The van der Waals surface area contributed by atoms with Gasteiger partial charge in [0.2, 0.25) is 0 Å². The van der Waals surface area contributed by atoms with E-state index in [9.17, 15) is 4.79 Å². The maximum atomic E-state index is 11.5. The SMILES string of the molecule is Cc1cc(=O)c2cc(N)ccc2s1. The number of nitrogen functional groups attached to an aromatic ring is 1. The van der Waals surface area contributed by atoms with Gasteiger partial charge in [-0.2, -0.15) is 0 Å². The zero-order valence-electron chi connectivity index (χ0n) is 7.20. The first-order valence-electron chi connectivity index (χ1n) is 3.97. The van der Waals surface area contributed by atoms with Crippen LogP contribution < -0.4 is 11.2 Å². The lowest BCUT2D eigenvalue weighted by molar-refractivity contribution is 1.57. The van der Waals surface area contributed by atoms with Gasteiger partial charge in [0.05, 0.1) is 0 Å². The van der Waals surface area contributed by atoms with E-state index in [1.807, 2.05) is 19.1 Å². The lowest BCUT2D eigenvalue weighted by atomic mass is 10.2. The summed E-state index contributed by atoms with van der Waals surface area (Å²) < 4.78 is 0.999. The number of rotatable bonds is 0. The van der Waals surface area contributed by atoms with E-state index in [0.717, 1.165) is 15.0 Å². The number of hydrogen-bond acceptors (Lipinski definition) is 3. The first kappa shape index (κ1) is 8.26. The Morgan fingerprint density at radius 1 is 1.31 bits per heavy atom. The Morgan fingerprint density at radius 2 is 2.08 bits per heavy atom. The van der Waals surface area contributed by atoms with Crippen LogP contribution in [0.3, 0.4) is 0 Å². The molecule has 66 valence electrons. The molecular formula is C10H9NOS. The molecule has 0 saturated carbocycles. The van der Waals surface area contributed by atoms with Crippen molar-refractivity contribution < 1.29 is 0 Å². The van der Waals surface area contributed by atoms with Gasteiger partial charge in [-0.3, -0.25) is 4.79 Å². The van der Waals surface area contributed by atoms with Crippen molar-refractivity contribution in [3.8, 4) is 0 Å². The van der Waals surface area contributed by atoms with Crippen molar-refractivity contribution in [1.82, 2.24) is 0 Å². The Morgan fingerprint density at radius 3 is 2.85 bits per heavy atom. The summed E-state index contributed by atoms with van der Waals surface area (Å²) in [7, 11) is 0. The molecule has 0 bridgehead atoms. The maximum Gasteiger partial charge on any atom is 0.188 e. The summed E-state index contributed by atoms with van der Waals surface area (Å²) in [6, 6.07) is 7.08. The minimum atomic E-state index is 0.0542. The van der Waals surface area contributed by atoms with Crippen LogP contribution in [-0.2, 0) is 0 Å². The molecule has 2 N–H and O–H groups in total. The molecule has 0 spiro atoms. The van der Waals surface area contributed by atoms with Gasteiger partial charge in [-0.15, -0.1) is 11.3 Å². The fraction of sp³-hybridized carbons (Fsp3) is 0.100. The number of nitrogens with two attached hydrogens (primary N) is 1. The number of hydrogen-bond donors (Lipinski definition) is 1. The van der Waals surface area contributed by atoms with Crippen LogP contribution in [0.15, 0.2) is 29.1 Å². The quantitative estimate of drug-likeness (QED) is 0.648. The summed E-state index contributed by atoms with van der Waals surface area (Å²) >= 11 is 1.61. The highest BCUT2D eigenvalue weighted by Crippen LogP contribution is 2.20. The van der Waals surface area contributed by atoms with E-state index >= 15 is 0 Å². The minimum Gasteiger partial charge on any atom is -0.399 e. The van der Waals surface area contributed by atoms with Crippen molar-refractivity contribution in [3.05, 3.63) is 39.4 Å². The molecule has 2 nitrogen and oxygen atoms in total. The van der Waals surface area contributed by atoms with Gasteiger partial charge in [-0.1, -0.05) is 0 Å². The summed E-state index contributed by atoms with van der Waals surface area (Å²) in [5, 5.41) is 0.718. The number of benzene rings is 1. The summed E-state index contributed by atoms with van der Waals surface area (Å²) in [4.78, 5) is 12.5. The summed E-state index contributed by atoms with van der Waals surface area (Å²) in [5.41, 5.74) is 6.29. The van der Waals surface area contributed by atoms with Crippen LogP contribution in [0.4, 0.5) is 5.69 Å². The summed E-state index contributed by atoms with van der Waals surface area (Å²) in [6.45, 7) is 1.93.